The highest BCUT2D eigenvalue weighted by Crippen LogP contribution is 2.58. The predicted octanol–water partition coefficient (Wildman–Crippen LogP) is 2.54. The molecule has 0 heterocycles. The summed E-state index contributed by atoms with van der Waals surface area (Å²) in [5.41, 5.74) is 8.90. The SMILES string of the molecule is NC(=O)c1ccc2c(c1)[C@]13CCC[C@H](C2)C1CC[C@H](O)C3. The number of aliphatic hydroxyl groups is 1. The van der Waals surface area contributed by atoms with Gasteiger partial charge >= 0.3 is 0 Å². The van der Waals surface area contributed by atoms with Crippen molar-refractivity contribution in [2.75, 3.05) is 0 Å². The Morgan fingerprint density at radius 1 is 1.29 bits per heavy atom. The molecule has 0 spiro atoms. The zero-order valence-corrected chi connectivity index (χ0v) is 12.3. The molecule has 1 amide bonds. The van der Waals surface area contributed by atoms with Crippen LogP contribution < -0.4 is 5.73 Å². The van der Waals surface area contributed by atoms with Crippen molar-refractivity contribution in [3.63, 3.8) is 0 Å². The number of aliphatic hydroxyl groups excluding tert-OH is 1. The third kappa shape index (κ3) is 1.87. The summed E-state index contributed by atoms with van der Waals surface area (Å²) in [5, 5.41) is 10.3. The largest absolute Gasteiger partial charge is 0.393 e. The zero-order chi connectivity index (χ0) is 14.6. The van der Waals surface area contributed by atoms with Crippen LogP contribution in [-0.4, -0.2) is 17.1 Å². The lowest BCUT2D eigenvalue weighted by atomic mass is 9.48. The summed E-state index contributed by atoms with van der Waals surface area (Å²) in [5.74, 6) is 1.10. The number of fused-ring (bicyclic) bond motifs is 1. The molecule has 3 aliphatic carbocycles. The van der Waals surface area contributed by atoms with Crippen LogP contribution >= 0.6 is 0 Å². The molecule has 112 valence electrons. The second-order valence-corrected chi connectivity index (χ2v) is 7.29. The van der Waals surface area contributed by atoms with E-state index >= 15 is 0 Å². The standard InChI is InChI=1S/C18H23NO2/c19-17(21)13-4-3-12-8-11-2-1-7-18(16(12)9-13)10-14(20)5-6-15(11)18/h3-4,9,11,14-15,20H,1-2,5-8,10H2,(H2,19,21)/t11-,14+,15?,18+/m1/s1. The number of primary amides is 1. The van der Waals surface area contributed by atoms with Gasteiger partial charge in [-0.3, -0.25) is 4.79 Å². The highest BCUT2D eigenvalue weighted by molar-refractivity contribution is 5.93. The van der Waals surface area contributed by atoms with Crippen LogP contribution in [0.25, 0.3) is 0 Å². The number of hydrogen-bond donors (Lipinski definition) is 2. The van der Waals surface area contributed by atoms with Crippen molar-refractivity contribution >= 4 is 5.91 Å². The quantitative estimate of drug-likeness (QED) is 0.833. The Kier molecular flexibility index (Phi) is 2.90. The molecule has 3 heteroatoms. The number of nitrogens with two attached hydrogens (primary N) is 1. The van der Waals surface area contributed by atoms with Crippen LogP contribution in [-0.2, 0) is 11.8 Å². The van der Waals surface area contributed by atoms with Crippen LogP contribution in [0.3, 0.4) is 0 Å². The van der Waals surface area contributed by atoms with Gasteiger partial charge in [-0.1, -0.05) is 12.5 Å². The lowest BCUT2D eigenvalue weighted by Crippen LogP contribution is -2.52. The fourth-order valence-electron chi connectivity index (χ4n) is 5.52. The predicted molar refractivity (Wildman–Crippen MR) is 81.0 cm³/mol. The molecule has 3 aliphatic rings. The summed E-state index contributed by atoms with van der Waals surface area (Å²) < 4.78 is 0. The molecule has 1 aromatic rings. The zero-order valence-electron chi connectivity index (χ0n) is 12.3. The summed E-state index contributed by atoms with van der Waals surface area (Å²) in [4.78, 5) is 11.6. The summed E-state index contributed by atoms with van der Waals surface area (Å²) in [6.07, 6.45) is 7.59. The van der Waals surface area contributed by atoms with Gasteiger partial charge in [0, 0.05) is 11.0 Å². The van der Waals surface area contributed by atoms with E-state index in [0.717, 1.165) is 38.0 Å². The van der Waals surface area contributed by atoms with E-state index in [9.17, 15) is 9.90 Å². The van der Waals surface area contributed by atoms with Gasteiger partial charge in [0.25, 0.3) is 0 Å². The maximum Gasteiger partial charge on any atom is 0.248 e. The molecule has 1 unspecified atom stereocenters. The molecule has 4 rings (SSSR count). The minimum atomic E-state index is -0.347. The number of benzene rings is 1. The van der Waals surface area contributed by atoms with E-state index in [1.54, 1.807) is 0 Å². The van der Waals surface area contributed by atoms with Gasteiger partial charge in [0.15, 0.2) is 0 Å². The molecule has 0 aromatic heterocycles. The maximum atomic E-state index is 11.6. The Bertz CT molecular complexity index is 597. The Labute approximate surface area is 125 Å². The van der Waals surface area contributed by atoms with E-state index in [-0.39, 0.29) is 17.4 Å². The van der Waals surface area contributed by atoms with Crippen molar-refractivity contribution in [1.29, 1.82) is 0 Å². The number of amides is 1. The normalized spacial score (nSPS) is 37.5. The monoisotopic (exact) mass is 285 g/mol. The Morgan fingerprint density at radius 2 is 2.14 bits per heavy atom. The van der Waals surface area contributed by atoms with E-state index in [0.29, 0.717) is 11.5 Å². The molecular formula is C18H23NO2. The molecule has 1 aromatic carbocycles. The third-order valence-electron chi connectivity index (χ3n) is 6.30. The summed E-state index contributed by atoms with van der Waals surface area (Å²) in [6, 6.07) is 6.00. The molecule has 21 heavy (non-hydrogen) atoms. The molecule has 2 saturated carbocycles. The number of carbonyl (C=O) groups excluding carboxylic acids is 1. The lowest BCUT2D eigenvalue weighted by Gasteiger charge is -2.56. The molecule has 3 nitrogen and oxygen atoms in total. The molecule has 4 atom stereocenters. The second kappa shape index (κ2) is 4.57. The number of rotatable bonds is 1. The molecule has 2 fully saturated rings. The van der Waals surface area contributed by atoms with Crippen molar-refractivity contribution in [1.82, 2.24) is 0 Å². The Balaban J connectivity index is 1.88. The molecule has 0 saturated heterocycles. The summed E-state index contributed by atoms with van der Waals surface area (Å²) >= 11 is 0. The molecule has 0 radical (unpaired) electrons. The molecule has 0 aliphatic heterocycles. The van der Waals surface area contributed by atoms with Gasteiger partial charge in [-0.2, -0.15) is 0 Å². The topological polar surface area (TPSA) is 63.3 Å². The fraction of sp³-hybridized carbons (Fsp3) is 0.611. The first-order valence-corrected chi connectivity index (χ1v) is 8.21. The van der Waals surface area contributed by atoms with Gasteiger partial charge in [-0.25, -0.2) is 0 Å². The van der Waals surface area contributed by atoms with Crippen molar-refractivity contribution < 1.29 is 9.90 Å². The van der Waals surface area contributed by atoms with Crippen LogP contribution in [0.1, 0.15) is 60.0 Å². The second-order valence-electron chi connectivity index (χ2n) is 7.29. The van der Waals surface area contributed by atoms with Crippen LogP contribution in [0.4, 0.5) is 0 Å². The highest BCUT2D eigenvalue weighted by Gasteiger charge is 2.53. The Hall–Kier alpha value is -1.35. The lowest BCUT2D eigenvalue weighted by molar-refractivity contribution is -0.0123. The van der Waals surface area contributed by atoms with Gasteiger partial charge in [-0.15, -0.1) is 0 Å². The van der Waals surface area contributed by atoms with E-state index in [4.69, 9.17) is 5.73 Å². The van der Waals surface area contributed by atoms with Crippen LogP contribution in [0.15, 0.2) is 18.2 Å². The van der Waals surface area contributed by atoms with Gasteiger partial charge in [-0.05, 0) is 73.6 Å². The number of hydrogen-bond acceptors (Lipinski definition) is 2. The average Bonchev–Trinajstić information content (AvgIpc) is 2.46. The highest BCUT2D eigenvalue weighted by atomic mass is 16.3. The smallest absolute Gasteiger partial charge is 0.248 e. The van der Waals surface area contributed by atoms with E-state index in [1.165, 1.54) is 24.0 Å². The van der Waals surface area contributed by atoms with Crippen molar-refractivity contribution in [2.24, 2.45) is 17.6 Å². The minimum Gasteiger partial charge on any atom is -0.393 e. The van der Waals surface area contributed by atoms with E-state index in [2.05, 4.69) is 6.07 Å². The minimum absolute atomic E-state index is 0.0969. The molecule has 2 bridgehead atoms. The van der Waals surface area contributed by atoms with Crippen LogP contribution in [0.5, 0.6) is 0 Å². The Morgan fingerprint density at radius 3 is 2.95 bits per heavy atom. The van der Waals surface area contributed by atoms with Crippen molar-refractivity contribution in [3.05, 3.63) is 34.9 Å². The van der Waals surface area contributed by atoms with Gasteiger partial charge in [0.05, 0.1) is 6.10 Å². The van der Waals surface area contributed by atoms with Crippen molar-refractivity contribution in [3.8, 4) is 0 Å². The van der Waals surface area contributed by atoms with Crippen LogP contribution in [0, 0.1) is 11.8 Å². The van der Waals surface area contributed by atoms with E-state index in [1.807, 2.05) is 12.1 Å². The molecular weight excluding hydrogens is 262 g/mol. The van der Waals surface area contributed by atoms with Gasteiger partial charge in [0.2, 0.25) is 5.91 Å². The molecule has 3 N–H and O–H groups in total. The summed E-state index contributed by atoms with van der Waals surface area (Å²) in [6.45, 7) is 0. The van der Waals surface area contributed by atoms with Crippen LogP contribution in [0.2, 0.25) is 0 Å². The first-order valence-electron chi connectivity index (χ1n) is 8.21. The summed E-state index contributed by atoms with van der Waals surface area (Å²) in [7, 11) is 0. The number of carbonyl (C=O) groups is 1. The van der Waals surface area contributed by atoms with Gasteiger partial charge in [0.1, 0.15) is 0 Å². The maximum absolute atomic E-state index is 11.6. The van der Waals surface area contributed by atoms with Gasteiger partial charge < -0.3 is 10.8 Å². The average molecular weight is 285 g/mol. The third-order valence-corrected chi connectivity index (χ3v) is 6.30. The first kappa shape index (κ1) is 13.3. The van der Waals surface area contributed by atoms with E-state index < -0.39 is 0 Å². The fourth-order valence-corrected chi connectivity index (χ4v) is 5.52. The van der Waals surface area contributed by atoms with Crippen molar-refractivity contribution in [2.45, 2.75) is 56.5 Å². The first-order chi connectivity index (χ1) is 10.1.